The molecular weight excluding hydrogens is 756 g/mol. The third kappa shape index (κ3) is 14.7. The Labute approximate surface area is 379 Å². The number of hydrogen-bond donors (Lipinski definition) is 1. The van der Waals surface area contributed by atoms with Crippen LogP contribution >= 0.6 is 11.3 Å². The number of hydrogen-bond acceptors (Lipinski definition) is 3. The van der Waals surface area contributed by atoms with Crippen LogP contribution in [-0.4, -0.2) is 18.2 Å². The van der Waals surface area contributed by atoms with Crippen LogP contribution in [0.25, 0.3) is 10.1 Å². The van der Waals surface area contributed by atoms with Gasteiger partial charge in [-0.15, -0.1) is 13.2 Å². The highest BCUT2D eigenvalue weighted by Gasteiger charge is 2.37. The number of fused-ring (bicyclic) bond motifs is 2. The molecule has 2 aromatic rings. The maximum absolute atomic E-state index is 4.58. The molecule has 1 aromatic carbocycles. The van der Waals surface area contributed by atoms with Gasteiger partial charge in [0.25, 0.3) is 0 Å². The number of nitrogens with zero attached hydrogens (tertiary/aromatic N) is 1. The minimum atomic E-state index is -0.0349. The Bertz CT molecular complexity index is 2050. The van der Waals surface area contributed by atoms with Gasteiger partial charge in [0.1, 0.15) is 0 Å². The van der Waals surface area contributed by atoms with Gasteiger partial charge in [0, 0.05) is 28.3 Å². The fourth-order valence-corrected chi connectivity index (χ4v) is 8.85. The van der Waals surface area contributed by atoms with E-state index in [1.54, 1.807) is 0 Å². The number of allylic oxidation sites excluding steroid dienone is 12. The predicted molar refractivity (Wildman–Crippen MR) is 278 cm³/mol. The normalized spacial score (nSPS) is 16.9. The van der Waals surface area contributed by atoms with Crippen LogP contribution < -0.4 is 10.1 Å². The van der Waals surface area contributed by atoms with Crippen LogP contribution in [0.1, 0.15) is 140 Å². The molecule has 0 aliphatic heterocycles. The van der Waals surface area contributed by atoms with Crippen molar-refractivity contribution in [2.24, 2.45) is 17.3 Å². The molecule has 0 bridgehead atoms. The standard InChI is InChI=1S/C57H80BN2S/c1-19-22-26-43(10)44(11)52(27-23-25-40(4)5)60(35-31-46(24-20-2)59-34-30-49(55(12,13)14)48(21-3)42(8)9)47(29-28-41(6)7)39-58-54-37-45-36-50-51(38-53(45)61-54)57(17,18)33-32-56(50,15)16/h19-21,23,27-31,34-40,42,46,59H,1-3,6,10,22,24-26,32-33H2,4-5,7-9,11-18H3/b27-23-,29-28-,34-30+,35-31+,47-39-,49-48-,52-44-. The van der Waals surface area contributed by atoms with Gasteiger partial charge < -0.3 is 10.2 Å². The zero-order valence-electron chi connectivity index (χ0n) is 40.6. The predicted octanol–water partition coefficient (Wildman–Crippen LogP) is 16.0. The van der Waals surface area contributed by atoms with E-state index >= 15 is 0 Å². The molecule has 0 spiro atoms. The Hall–Kier alpha value is -4.28. The third-order valence-electron chi connectivity index (χ3n) is 11.9. The van der Waals surface area contributed by atoms with Gasteiger partial charge in [-0.2, -0.15) is 11.3 Å². The summed E-state index contributed by atoms with van der Waals surface area (Å²) in [5.74, 6) is 3.17. The van der Waals surface area contributed by atoms with Gasteiger partial charge in [0.2, 0.25) is 0 Å². The first-order valence-corrected chi connectivity index (χ1v) is 23.4. The van der Waals surface area contributed by atoms with Crippen molar-refractivity contribution in [3.05, 3.63) is 175 Å². The Balaban J connectivity index is 2.28. The van der Waals surface area contributed by atoms with E-state index in [2.05, 4.69) is 207 Å². The Kier molecular flexibility index (Phi) is 19.0. The van der Waals surface area contributed by atoms with E-state index in [0.29, 0.717) is 11.8 Å². The van der Waals surface area contributed by atoms with Gasteiger partial charge in [-0.3, -0.25) is 0 Å². The van der Waals surface area contributed by atoms with E-state index in [-0.39, 0.29) is 22.3 Å². The molecule has 1 atom stereocenters. The molecule has 0 amide bonds. The molecule has 1 aliphatic rings. The van der Waals surface area contributed by atoms with E-state index < -0.39 is 0 Å². The highest BCUT2D eigenvalue weighted by atomic mass is 32.1. The van der Waals surface area contributed by atoms with Crippen molar-refractivity contribution in [2.75, 3.05) is 0 Å². The summed E-state index contributed by atoms with van der Waals surface area (Å²) in [5, 5.41) is 5.04. The molecule has 0 saturated carbocycles. The third-order valence-corrected chi connectivity index (χ3v) is 12.9. The lowest BCUT2D eigenvalue weighted by Crippen LogP contribution is -2.33. The monoisotopic (exact) mass is 836 g/mol. The highest BCUT2D eigenvalue weighted by molar-refractivity contribution is 7.27. The molecule has 1 aromatic heterocycles. The number of thiophene rings is 1. The van der Waals surface area contributed by atoms with E-state index in [1.807, 2.05) is 36.5 Å². The molecule has 327 valence electrons. The molecule has 1 aliphatic carbocycles. The number of benzene rings is 1. The van der Waals surface area contributed by atoms with Crippen molar-refractivity contribution in [2.45, 2.75) is 145 Å². The first-order valence-electron chi connectivity index (χ1n) is 22.6. The van der Waals surface area contributed by atoms with Crippen molar-refractivity contribution in [3.63, 3.8) is 0 Å². The van der Waals surface area contributed by atoms with Crippen molar-refractivity contribution >= 4 is 33.5 Å². The topological polar surface area (TPSA) is 15.3 Å². The van der Waals surface area contributed by atoms with Crippen LogP contribution in [-0.2, 0) is 10.8 Å². The molecule has 2 nitrogen and oxygen atoms in total. The molecule has 0 saturated heterocycles. The molecule has 1 N–H and O–H groups in total. The summed E-state index contributed by atoms with van der Waals surface area (Å²) in [6.45, 7) is 50.8. The molecule has 0 fully saturated rings. The maximum Gasteiger partial charge on any atom is 0.198 e. The summed E-state index contributed by atoms with van der Waals surface area (Å²) >= 11 is 1.87. The number of nitrogens with one attached hydrogen (secondary N) is 1. The first-order chi connectivity index (χ1) is 28.6. The summed E-state index contributed by atoms with van der Waals surface area (Å²) < 4.78 is 2.57. The highest BCUT2D eigenvalue weighted by Crippen LogP contribution is 2.47. The van der Waals surface area contributed by atoms with Crippen molar-refractivity contribution in [1.29, 1.82) is 0 Å². The molecule has 1 radical (unpaired) electrons. The van der Waals surface area contributed by atoms with Crippen molar-refractivity contribution in [3.8, 4) is 0 Å². The van der Waals surface area contributed by atoms with Crippen LogP contribution in [0, 0.1) is 17.3 Å². The zero-order valence-corrected chi connectivity index (χ0v) is 41.4. The van der Waals surface area contributed by atoms with E-state index in [0.717, 1.165) is 53.8 Å². The van der Waals surface area contributed by atoms with Crippen LogP contribution in [0.4, 0.5) is 0 Å². The quantitative estimate of drug-likeness (QED) is 0.0722. The van der Waals surface area contributed by atoms with Crippen molar-refractivity contribution < 1.29 is 0 Å². The SMILES string of the molecule is C=CCCC(=C)/C(C)=C(/C=C\CC(C)C)N(/C=C/C(CC=C)N/C=C/C(=C(\C=C)C(C)C)C(C)(C)C)C(/C=C\C(=C)C)=C\[B]c1cc2cc3c(cc2s1)C(C)(C)CCC3(C)C. The second-order valence-corrected chi connectivity index (χ2v) is 21.2. The Morgan fingerprint density at radius 1 is 0.885 bits per heavy atom. The van der Waals surface area contributed by atoms with E-state index in [4.69, 9.17) is 0 Å². The van der Waals surface area contributed by atoms with Gasteiger partial charge in [-0.05, 0) is 173 Å². The lowest BCUT2D eigenvalue weighted by Gasteiger charge is -2.41. The first kappa shape index (κ1) is 51.1. The van der Waals surface area contributed by atoms with Crippen LogP contribution in [0.2, 0.25) is 0 Å². The van der Waals surface area contributed by atoms with Crippen LogP contribution in [0.3, 0.4) is 0 Å². The van der Waals surface area contributed by atoms with Crippen molar-refractivity contribution in [1.82, 2.24) is 10.2 Å². The minimum absolute atomic E-state index is 0.00801. The lowest BCUT2D eigenvalue weighted by molar-refractivity contribution is 0.332. The summed E-state index contributed by atoms with van der Waals surface area (Å²) in [5.41, 5.74) is 11.2. The van der Waals surface area contributed by atoms with Crippen LogP contribution in [0.5, 0.6) is 0 Å². The fraction of sp³-hybridized carbons (Fsp3) is 0.439. The van der Waals surface area contributed by atoms with Gasteiger partial charge in [-0.1, -0.05) is 138 Å². The largest absolute Gasteiger partial charge is 0.384 e. The minimum Gasteiger partial charge on any atom is -0.384 e. The molecule has 1 unspecified atom stereocenters. The summed E-state index contributed by atoms with van der Waals surface area (Å²) in [7, 11) is 2.28. The Morgan fingerprint density at radius 3 is 2.10 bits per heavy atom. The van der Waals surface area contributed by atoms with E-state index in [9.17, 15) is 0 Å². The zero-order chi connectivity index (χ0) is 45.7. The summed E-state index contributed by atoms with van der Waals surface area (Å²) in [4.78, 5) is 2.33. The lowest BCUT2D eigenvalue weighted by atomic mass is 9.63. The molecule has 4 heteroatoms. The molecular formula is C57H80BN2S. The number of rotatable bonds is 22. The van der Waals surface area contributed by atoms with Gasteiger partial charge in [-0.25, -0.2) is 0 Å². The second-order valence-electron chi connectivity index (χ2n) is 20.1. The summed E-state index contributed by atoms with van der Waals surface area (Å²) in [6.07, 6.45) is 29.5. The maximum atomic E-state index is 4.58. The molecule has 3 rings (SSSR count). The second kappa shape index (κ2) is 22.7. The van der Waals surface area contributed by atoms with Gasteiger partial charge >= 0.3 is 0 Å². The smallest absolute Gasteiger partial charge is 0.198 e. The fourth-order valence-electron chi connectivity index (χ4n) is 7.87. The molecule has 61 heavy (non-hydrogen) atoms. The van der Waals surface area contributed by atoms with Gasteiger partial charge in [0.15, 0.2) is 7.28 Å². The van der Waals surface area contributed by atoms with E-state index in [1.165, 1.54) is 50.0 Å². The molecule has 1 heterocycles. The average Bonchev–Trinajstić information content (AvgIpc) is 3.58. The average molecular weight is 836 g/mol. The van der Waals surface area contributed by atoms with Crippen LogP contribution in [0.15, 0.2) is 163 Å². The van der Waals surface area contributed by atoms with Gasteiger partial charge in [0.05, 0.1) is 0 Å². The Morgan fingerprint density at radius 2 is 1.54 bits per heavy atom. The summed E-state index contributed by atoms with van der Waals surface area (Å²) in [6, 6.07) is 7.31.